The lowest BCUT2D eigenvalue weighted by Crippen LogP contribution is -2.50. The number of hydrogen-bond acceptors (Lipinski definition) is 10. The van der Waals surface area contributed by atoms with Crippen LogP contribution < -0.4 is 26.9 Å². The Bertz CT molecular complexity index is 3050. The van der Waals surface area contributed by atoms with Crippen LogP contribution in [0.1, 0.15) is 49.2 Å². The van der Waals surface area contributed by atoms with Gasteiger partial charge in [0.15, 0.2) is 27.8 Å². The van der Waals surface area contributed by atoms with Crippen LogP contribution in [0, 0.1) is 0 Å². The minimum absolute atomic E-state index is 0.107. The summed E-state index contributed by atoms with van der Waals surface area (Å²) in [4.78, 5) is 81.4. The Kier molecular flexibility index (Phi) is 11.3. The van der Waals surface area contributed by atoms with Gasteiger partial charge in [0.05, 0.1) is 22.2 Å². The van der Waals surface area contributed by atoms with E-state index in [0.717, 1.165) is 29.3 Å². The lowest BCUT2D eigenvalue weighted by Gasteiger charge is -2.31. The number of fused-ring (bicyclic) bond motifs is 3. The fraction of sp³-hybridized carbons (Fsp3) is 0.125. The van der Waals surface area contributed by atoms with E-state index < -0.39 is 52.3 Å². The van der Waals surface area contributed by atoms with Crippen LogP contribution in [0.25, 0.3) is 32.9 Å². The Hall–Kier alpha value is -7.86. The van der Waals surface area contributed by atoms with Crippen LogP contribution in [0.3, 0.4) is 0 Å². The smallest absolute Gasteiger partial charge is 0.374 e. The zero-order valence-electron chi connectivity index (χ0n) is 31.9. The molecule has 60 heavy (non-hydrogen) atoms. The predicted octanol–water partition coefficient (Wildman–Crippen LogP) is 7.00. The lowest BCUT2D eigenvalue weighted by molar-refractivity contribution is 0.0112. The van der Waals surface area contributed by atoms with E-state index in [1.165, 1.54) is 0 Å². The average molecular weight is 801 g/mol. The quantitative estimate of drug-likeness (QED) is 0.116. The van der Waals surface area contributed by atoms with Crippen LogP contribution in [0.4, 0.5) is 0 Å². The third-order valence-corrected chi connectivity index (χ3v) is 10.1. The number of esters is 1. The van der Waals surface area contributed by atoms with Crippen LogP contribution in [0.5, 0.6) is 0 Å². The molecule has 298 valence electrons. The maximum atomic E-state index is 14.1. The van der Waals surface area contributed by atoms with Gasteiger partial charge in [-0.2, -0.15) is 0 Å². The molecule has 8 rings (SSSR count). The summed E-state index contributed by atoms with van der Waals surface area (Å²) in [7, 11) is 0. The zero-order chi connectivity index (χ0) is 41.6. The summed E-state index contributed by atoms with van der Waals surface area (Å²) < 4.78 is 23.8. The Morgan fingerprint density at radius 3 is 1.38 bits per heavy atom. The molecular formula is C48H36N2O10. The number of rotatable bonds is 13. The normalized spacial score (nSPS) is 12.7. The van der Waals surface area contributed by atoms with Crippen LogP contribution >= 0.6 is 0 Å². The van der Waals surface area contributed by atoms with Gasteiger partial charge in [-0.1, -0.05) is 97.1 Å². The molecule has 0 unspecified atom stereocenters. The van der Waals surface area contributed by atoms with E-state index in [1.54, 1.807) is 72.8 Å². The lowest BCUT2D eigenvalue weighted by atomic mass is 9.93. The first kappa shape index (κ1) is 39.0. The Morgan fingerprint density at radius 2 is 0.883 bits per heavy atom. The van der Waals surface area contributed by atoms with Gasteiger partial charge in [0.1, 0.15) is 22.9 Å². The number of carbonyl (C=O) groups is 3. The largest absolute Gasteiger partial charge is 0.454 e. The van der Waals surface area contributed by atoms with E-state index in [9.17, 15) is 28.8 Å². The number of amides is 2. The number of carbonyl (C=O) groups excluding carboxylic acids is 3. The molecule has 5 aromatic carbocycles. The van der Waals surface area contributed by atoms with Gasteiger partial charge in [0.25, 0.3) is 11.8 Å². The molecule has 0 spiro atoms. The van der Waals surface area contributed by atoms with Gasteiger partial charge >= 0.3 is 5.97 Å². The highest BCUT2D eigenvalue weighted by atomic mass is 16.6. The van der Waals surface area contributed by atoms with Crippen molar-refractivity contribution in [1.82, 2.24) is 10.6 Å². The van der Waals surface area contributed by atoms with Crippen molar-refractivity contribution in [1.29, 1.82) is 0 Å². The molecule has 12 nitrogen and oxygen atoms in total. The molecule has 0 fully saturated rings. The molecule has 3 heterocycles. The fourth-order valence-electron chi connectivity index (χ4n) is 7.14. The van der Waals surface area contributed by atoms with Crippen molar-refractivity contribution in [3.63, 3.8) is 0 Å². The summed E-state index contributed by atoms with van der Waals surface area (Å²) >= 11 is 0. The Balaban J connectivity index is 1.19. The van der Waals surface area contributed by atoms with E-state index in [0.29, 0.717) is 10.8 Å². The molecule has 0 aliphatic carbocycles. The molecular weight excluding hydrogens is 765 g/mol. The van der Waals surface area contributed by atoms with Crippen LogP contribution in [-0.2, 0) is 17.6 Å². The molecule has 0 saturated carbocycles. The van der Waals surface area contributed by atoms with Crippen molar-refractivity contribution in [2.45, 2.75) is 37.5 Å². The molecule has 8 aromatic rings. The first-order valence-electron chi connectivity index (χ1n) is 19.2. The molecule has 2 amide bonds. The van der Waals surface area contributed by atoms with Gasteiger partial charge in [-0.05, 0) is 60.4 Å². The second-order valence-corrected chi connectivity index (χ2v) is 14.2. The van der Waals surface area contributed by atoms with Gasteiger partial charge in [0, 0.05) is 30.7 Å². The summed E-state index contributed by atoms with van der Waals surface area (Å²) in [6.45, 7) is 0. The first-order valence-corrected chi connectivity index (χ1v) is 19.2. The maximum Gasteiger partial charge on any atom is 0.374 e. The summed E-state index contributed by atoms with van der Waals surface area (Å²) in [5, 5.41) is 6.78. The van der Waals surface area contributed by atoms with E-state index in [1.807, 2.05) is 60.7 Å². The number of nitrogens with one attached hydrogen (secondary N) is 2. The highest BCUT2D eigenvalue weighted by Gasteiger charge is 2.33. The van der Waals surface area contributed by atoms with E-state index in [-0.39, 0.29) is 58.7 Å². The van der Waals surface area contributed by atoms with E-state index in [4.69, 9.17) is 18.0 Å². The van der Waals surface area contributed by atoms with Crippen LogP contribution in [0.15, 0.2) is 179 Å². The van der Waals surface area contributed by atoms with Crippen molar-refractivity contribution in [2.24, 2.45) is 0 Å². The van der Waals surface area contributed by atoms with Crippen molar-refractivity contribution < 1.29 is 32.4 Å². The molecule has 2 N–H and O–H groups in total. The van der Waals surface area contributed by atoms with Gasteiger partial charge in [-0.25, -0.2) is 4.79 Å². The van der Waals surface area contributed by atoms with Gasteiger partial charge in [-0.15, -0.1) is 0 Å². The molecule has 0 bridgehead atoms. The standard InChI is InChI=1S/C48H36N2O10/c51-36-26-43(57-39-20-10-7-17-32(36)39)46(54)49-31(23-29-13-3-1-4-14-29)25-42(60-48(56)45-28-38(53)34-19-9-12-22-41(34)59-45)35(24-30-15-5-2-6-16-30)50-47(55)44-27-37(52)33-18-8-11-21-40(33)58-44/h1-22,26-28,31,35,42H,23-25H2,(H,49,54)(H,50,55)/t31-,35-,42-/m0/s1. The number of para-hydroxylation sites is 3. The Labute approximate surface area is 341 Å². The summed E-state index contributed by atoms with van der Waals surface area (Å²) in [6.07, 6.45) is -1.02. The highest BCUT2D eigenvalue weighted by molar-refractivity contribution is 5.94. The predicted molar refractivity (Wildman–Crippen MR) is 224 cm³/mol. The number of ether oxygens (including phenoxy) is 1. The van der Waals surface area contributed by atoms with Crippen molar-refractivity contribution in [2.75, 3.05) is 0 Å². The van der Waals surface area contributed by atoms with E-state index >= 15 is 0 Å². The molecule has 3 atom stereocenters. The SMILES string of the molecule is O=C(N[C@@H](Cc1ccccc1)C[C@H](OC(=O)c1cc(=O)c2ccccc2o1)[C@H](Cc1ccccc1)NC(=O)c1cc(=O)c2ccccc2o1)c1cc(=O)c2ccccc2o1. The molecule has 0 saturated heterocycles. The van der Waals surface area contributed by atoms with Crippen molar-refractivity contribution >= 4 is 50.7 Å². The second kappa shape index (κ2) is 17.3. The minimum Gasteiger partial charge on any atom is -0.454 e. The van der Waals surface area contributed by atoms with Crippen LogP contribution in [0.2, 0.25) is 0 Å². The number of hydrogen-bond donors (Lipinski definition) is 2. The van der Waals surface area contributed by atoms with Gasteiger partial charge in [-0.3, -0.25) is 24.0 Å². The highest BCUT2D eigenvalue weighted by Crippen LogP contribution is 2.22. The monoisotopic (exact) mass is 800 g/mol. The second-order valence-electron chi connectivity index (χ2n) is 14.2. The summed E-state index contributed by atoms with van der Waals surface area (Å²) in [5.41, 5.74) is 0.863. The van der Waals surface area contributed by atoms with Crippen molar-refractivity contribution in [3.8, 4) is 0 Å². The summed E-state index contributed by atoms with van der Waals surface area (Å²) in [6, 6.07) is 39.4. The van der Waals surface area contributed by atoms with Crippen LogP contribution in [-0.4, -0.2) is 36.0 Å². The first-order chi connectivity index (χ1) is 29.2. The molecule has 0 radical (unpaired) electrons. The molecule has 12 heteroatoms. The molecule has 3 aromatic heterocycles. The van der Waals surface area contributed by atoms with Gasteiger partial charge < -0.3 is 28.6 Å². The van der Waals surface area contributed by atoms with E-state index in [2.05, 4.69) is 10.6 Å². The van der Waals surface area contributed by atoms with Gasteiger partial charge in [0.2, 0.25) is 5.76 Å². The molecule has 0 aliphatic heterocycles. The summed E-state index contributed by atoms with van der Waals surface area (Å²) in [5.74, 6) is -3.36. The number of benzene rings is 5. The zero-order valence-corrected chi connectivity index (χ0v) is 31.9. The van der Waals surface area contributed by atoms with Crippen molar-refractivity contribution in [3.05, 3.63) is 211 Å². The topological polar surface area (TPSA) is 175 Å². The average Bonchev–Trinajstić information content (AvgIpc) is 3.26. The third-order valence-electron chi connectivity index (χ3n) is 10.1. The minimum atomic E-state index is -1.23. The fourth-order valence-corrected chi connectivity index (χ4v) is 7.14. The molecule has 0 aliphatic rings. The maximum absolute atomic E-state index is 14.1. The third kappa shape index (κ3) is 8.82. The Morgan fingerprint density at radius 1 is 0.483 bits per heavy atom.